The van der Waals surface area contributed by atoms with Gasteiger partial charge in [-0.05, 0) is 31.0 Å². The van der Waals surface area contributed by atoms with Gasteiger partial charge in [0.25, 0.3) is 0 Å². The van der Waals surface area contributed by atoms with Crippen LogP contribution in [0.4, 0.5) is 18.9 Å². The predicted octanol–water partition coefficient (Wildman–Crippen LogP) is 4.93. The van der Waals surface area contributed by atoms with Gasteiger partial charge in [-0.2, -0.15) is 13.2 Å². The van der Waals surface area contributed by atoms with Crippen molar-refractivity contribution < 1.29 is 13.2 Å². The molecule has 1 aliphatic heterocycles. The molecule has 104 valence electrons. The molecule has 0 atom stereocenters. The minimum Gasteiger partial charge on any atom is -0.383 e. The summed E-state index contributed by atoms with van der Waals surface area (Å²) in [7, 11) is 0. The van der Waals surface area contributed by atoms with Crippen LogP contribution in [0.25, 0.3) is 0 Å². The van der Waals surface area contributed by atoms with E-state index in [1.54, 1.807) is 17.8 Å². The molecule has 1 spiro atoms. The molecule has 5 heteroatoms. The second kappa shape index (κ2) is 4.62. The molecule has 1 N–H and O–H groups in total. The third-order valence-electron chi connectivity index (χ3n) is 4.00. The Morgan fingerprint density at radius 3 is 2.53 bits per heavy atom. The zero-order chi connectivity index (χ0) is 13.5. The molecular weight excluding hydrogens is 271 g/mol. The van der Waals surface area contributed by atoms with Gasteiger partial charge in [0.15, 0.2) is 0 Å². The molecule has 1 nitrogen and oxygen atoms in total. The number of anilines is 1. The number of hydrogen-bond donors (Lipinski definition) is 1. The second-order valence-corrected chi connectivity index (χ2v) is 6.92. The highest BCUT2D eigenvalue weighted by Gasteiger charge is 2.38. The van der Waals surface area contributed by atoms with Crippen LogP contribution in [0.15, 0.2) is 23.1 Å². The summed E-state index contributed by atoms with van der Waals surface area (Å²) in [5, 5.41) is 3.31. The van der Waals surface area contributed by atoms with Crippen LogP contribution in [0.1, 0.15) is 37.7 Å². The highest BCUT2D eigenvalue weighted by Crippen LogP contribution is 2.50. The van der Waals surface area contributed by atoms with Crippen LogP contribution in [0.5, 0.6) is 0 Å². The number of alkyl halides is 3. The van der Waals surface area contributed by atoms with Crippen LogP contribution in [-0.2, 0) is 6.18 Å². The molecule has 1 saturated carbocycles. The Bertz CT molecular complexity index is 478. The van der Waals surface area contributed by atoms with Crippen molar-refractivity contribution in [3.8, 4) is 0 Å². The molecule has 0 bridgehead atoms. The van der Waals surface area contributed by atoms with E-state index < -0.39 is 11.7 Å². The summed E-state index contributed by atoms with van der Waals surface area (Å²) in [6, 6.07) is 4.01. The molecule has 0 unspecified atom stereocenters. The SMILES string of the molecule is FC(F)(F)c1ccc2c(c1)SC1(CCCCC1)CN2. The van der Waals surface area contributed by atoms with Crippen molar-refractivity contribution in [2.45, 2.75) is 47.9 Å². The van der Waals surface area contributed by atoms with Gasteiger partial charge in [-0.3, -0.25) is 0 Å². The van der Waals surface area contributed by atoms with E-state index in [4.69, 9.17) is 0 Å². The summed E-state index contributed by atoms with van der Waals surface area (Å²) in [6.45, 7) is 0.871. The largest absolute Gasteiger partial charge is 0.416 e. The van der Waals surface area contributed by atoms with Crippen molar-refractivity contribution in [2.75, 3.05) is 11.9 Å². The summed E-state index contributed by atoms with van der Waals surface area (Å²) < 4.78 is 38.4. The second-order valence-electron chi connectivity index (χ2n) is 5.41. The Labute approximate surface area is 115 Å². The molecule has 1 fully saturated rings. The van der Waals surface area contributed by atoms with E-state index in [2.05, 4.69) is 5.32 Å². The first kappa shape index (κ1) is 13.2. The minimum absolute atomic E-state index is 0.107. The van der Waals surface area contributed by atoms with Crippen LogP contribution >= 0.6 is 11.8 Å². The number of benzene rings is 1. The van der Waals surface area contributed by atoms with Gasteiger partial charge >= 0.3 is 6.18 Å². The van der Waals surface area contributed by atoms with Crippen molar-refractivity contribution in [2.24, 2.45) is 0 Å². The molecule has 1 heterocycles. The van der Waals surface area contributed by atoms with E-state index in [0.717, 1.165) is 36.0 Å². The predicted molar refractivity (Wildman–Crippen MR) is 71.6 cm³/mol. The Morgan fingerprint density at radius 1 is 1.11 bits per heavy atom. The molecule has 0 saturated heterocycles. The Kier molecular flexibility index (Phi) is 3.20. The lowest BCUT2D eigenvalue weighted by atomic mass is 9.88. The van der Waals surface area contributed by atoms with E-state index in [0.29, 0.717) is 0 Å². The van der Waals surface area contributed by atoms with Crippen LogP contribution in [-0.4, -0.2) is 11.3 Å². The van der Waals surface area contributed by atoms with Gasteiger partial charge < -0.3 is 5.32 Å². The molecule has 1 aliphatic carbocycles. The van der Waals surface area contributed by atoms with Crippen molar-refractivity contribution >= 4 is 17.4 Å². The number of rotatable bonds is 0. The van der Waals surface area contributed by atoms with Gasteiger partial charge in [0.05, 0.1) is 5.56 Å². The van der Waals surface area contributed by atoms with E-state index in [1.807, 2.05) is 0 Å². The third-order valence-corrected chi connectivity index (χ3v) is 5.54. The Morgan fingerprint density at radius 2 is 1.84 bits per heavy atom. The van der Waals surface area contributed by atoms with Crippen LogP contribution in [0, 0.1) is 0 Å². The van der Waals surface area contributed by atoms with Gasteiger partial charge in [-0.1, -0.05) is 19.3 Å². The molecule has 2 aliphatic rings. The lowest BCUT2D eigenvalue weighted by Crippen LogP contribution is -2.38. The maximum atomic E-state index is 12.8. The summed E-state index contributed by atoms with van der Waals surface area (Å²) in [4.78, 5) is 0.753. The lowest BCUT2D eigenvalue weighted by molar-refractivity contribution is -0.137. The number of fused-ring (bicyclic) bond motifs is 1. The first-order valence-corrected chi connectivity index (χ1v) is 7.44. The van der Waals surface area contributed by atoms with Crippen LogP contribution < -0.4 is 5.32 Å². The normalized spacial score (nSPS) is 21.8. The zero-order valence-corrected chi connectivity index (χ0v) is 11.3. The lowest BCUT2D eigenvalue weighted by Gasteiger charge is -2.41. The number of nitrogens with one attached hydrogen (secondary N) is 1. The topological polar surface area (TPSA) is 12.0 Å². The fourth-order valence-corrected chi connectivity index (χ4v) is 4.47. The first-order chi connectivity index (χ1) is 8.99. The maximum Gasteiger partial charge on any atom is 0.416 e. The number of halogens is 3. The van der Waals surface area contributed by atoms with Gasteiger partial charge in [0.2, 0.25) is 0 Å². The molecule has 19 heavy (non-hydrogen) atoms. The highest BCUT2D eigenvalue weighted by molar-refractivity contribution is 8.01. The maximum absolute atomic E-state index is 12.8. The molecule has 3 rings (SSSR count). The molecule has 0 amide bonds. The Balaban J connectivity index is 1.90. The minimum atomic E-state index is -4.26. The molecular formula is C14H16F3NS. The highest BCUT2D eigenvalue weighted by atomic mass is 32.2. The van der Waals surface area contributed by atoms with E-state index in [9.17, 15) is 13.2 Å². The third kappa shape index (κ3) is 2.57. The average molecular weight is 287 g/mol. The standard InChI is InChI=1S/C14H16F3NS/c15-14(16,17)10-4-5-11-12(8-10)19-13(9-18-11)6-2-1-3-7-13/h4-5,8,18H,1-3,6-7,9H2. The first-order valence-electron chi connectivity index (χ1n) is 6.63. The van der Waals surface area contributed by atoms with Crippen molar-refractivity contribution in [3.63, 3.8) is 0 Å². The van der Waals surface area contributed by atoms with Gasteiger partial charge in [-0.25, -0.2) is 0 Å². The summed E-state index contributed by atoms with van der Waals surface area (Å²) in [6.07, 6.45) is 1.55. The summed E-state index contributed by atoms with van der Waals surface area (Å²) in [5.74, 6) is 0. The zero-order valence-electron chi connectivity index (χ0n) is 10.5. The van der Waals surface area contributed by atoms with E-state index in [-0.39, 0.29) is 4.75 Å². The smallest absolute Gasteiger partial charge is 0.383 e. The molecule has 0 aromatic heterocycles. The van der Waals surface area contributed by atoms with Crippen molar-refractivity contribution in [1.82, 2.24) is 0 Å². The number of hydrogen-bond acceptors (Lipinski definition) is 2. The number of thioether (sulfide) groups is 1. The van der Waals surface area contributed by atoms with Crippen molar-refractivity contribution in [3.05, 3.63) is 23.8 Å². The van der Waals surface area contributed by atoms with Gasteiger partial charge in [0.1, 0.15) is 0 Å². The van der Waals surface area contributed by atoms with E-state index >= 15 is 0 Å². The molecule has 1 aromatic rings. The molecule has 0 radical (unpaired) electrons. The average Bonchev–Trinajstić information content (AvgIpc) is 2.38. The summed E-state index contributed by atoms with van der Waals surface area (Å²) >= 11 is 1.65. The monoisotopic (exact) mass is 287 g/mol. The molecule has 1 aromatic carbocycles. The fourth-order valence-electron chi connectivity index (χ4n) is 2.93. The van der Waals surface area contributed by atoms with Gasteiger partial charge in [-0.15, -0.1) is 11.8 Å². The van der Waals surface area contributed by atoms with Crippen LogP contribution in [0.2, 0.25) is 0 Å². The van der Waals surface area contributed by atoms with Crippen LogP contribution in [0.3, 0.4) is 0 Å². The summed E-state index contributed by atoms with van der Waals surface area (Å²) in [5.41, 5.74) is 0.294. The fraction of sp³-hybridized carbons (Fsp3) is 0.571. The van der Waals surface area contributed by atoms with Crippen molar-refractivity contribution in [1.29, 1.82) is 0 Å². The Hall–Kier alpha value is -0.840. The quantitative estimate of drug-likeness (QED) is 0.726. The van der Waals surface area contributed by atoms with E-state index in [1.165, 1.54) is 25.3 Å². The van der Waals surface area contributed by atoms with Gasteiger partial charge in [0, 0.05) is 21.9 Å².